The molecule has 18 heavy (non-hydrogen) atoms. The standard InChI is InChI=1S/C14H24N2O2/c1-4-9-18-14-12(15)7-8-13(16-14)17-10-5-6-11(2)3/h7-8,11H,4-6,9-10,15H2,1-3H3. The van der Waals surface area contributed by atoms with Crippen molar-refractivity contribution in [1.29, 1.82) is 0 Å². The Hall–Kier alpha value is -1.45. The maximum Gasteiger partial charge on any atom is 0.240 e. The van der Waals surface area contributed by atoms with Gasteiger partial charge in [0.15, 0.2) is 0 Å². The molecule has 0 fully saturated rings. The Balaban J connectivity index is 2.45. The number of nitrogens with zero attached hydrogens (tertiary/aromatic N) is 1. The van der Waals surface area contributed by atoms with Crippen LogP contribution in [0.5, 0.6) is 11.8 Å². The molecular formula is C14H24N2O2. The van der Waals surface area contributed by atoms with E-state index in [-0.39, 0.29) is 0 Å². The van der Waals surface area contributed by atoms with Crippen molar-refractivity contribution in [2.75, 3.05) is 18.9 Å². The molecule has 1 aromatic rings. The van der Waals surface area contributed by atoms with E-state index in [9.17, 15) is 0 Å². The second-order valence-corrected chi connectivity index (χ2v) is 4.78. The van der Waals surface area contributed by atoms with Gasteiger partial charge in [0.25, 0.3) is 0 Å². The minimum Gasteiger partial charge on any atom is -0.478 e. The molecule has 0 aliphatic rings. The summed E-state index contributed by atoms with van der Waals surface area (Å²) in [5.74, 6) is 1.76. The molecule has 0 atom stereocenters. The molecule has 102 valence electrons. The van der Waals surface area contributed by atoms with Crippen LogP contribution in [-0.2, 0) is 0 Å². The van der Waals surface area contributed by atoms with Crippen LogP contribution >= 0.6 is 0 Å². The number of hydrogen-bond acceptors (Lipinski definition) is 4. The Labute approximate surface area is 110 Å². The number of nitrogen functional groups attached to an aromatic ring is 1. The highest BCUT2D eigenvalue weighted by atomic mass is 16.5. The summed E-state index contributed by atoms with van der Waals surface area (Å²) >= 11 is 0. The zero-order valence-electron chi connectivity index (χ0n) is 11.6. The van der Waals surface area contributed by atoms with Crippen molar-refractivity contribution < 1.29 is 9.47 Å². The van der Waals surface area contributed by atoms with E-state index in [2.05, 4.69) is 18.8 Å². The van der Waals surface area contributed by atoms with E-state index < -0.39 is 0 Å². The highest BCUT2D eigenvalue weighted by Gasteiger charge is 2.05. The van der Waals surface area contributed by atoms with Crippen LogP contribution < -0.4 is 15.2 Å². The van der Waals surface area contributed by atoms with Crippen LogP contribution in [0.4, 0.5) is 5.69 Å². The van der Waals surface area contributed by atoms with Crippen molar-refractivity contribution in [3.8, 4) is 11.8 Å². The van der Waals surface area contributed by atoms with Crippen LogP contribution in [0.25, 0.3) is 0 Å². The van der Waals surface area contributed by atoms with Gasteiger partial charge in [-0.05, 0) is 31.2 Å². The van der Waals surface area contributed by atoms with Gasteiger partial charge in [-0.25, -0.2) is 0 Å². The number of pyridine rings is 1. The predicted octanol–water partition coefficient (Wildman–Crippen LogP) is 3.27. The molecule has 4 heteroatoms. The van der Waals surface area contributed by atoms with Crippen molar-refractivity contribution >= 4 is 5.69 Å². The van der Waals surface area contributed by atoms with Crippen molar-refractivity contribution in [2.24, 2.45) is 5.92 Å². The highest BCUT2D eigenvalue weighted by Crippen LogP contribution is 2.22. The lowest BCUT2D eigenvalue weighted by Gasteiger charge is -2.10. The zero-order chi connectivity index (χ0) is 13.4. The van der Waals surface area contributed by atoms with Gasteiger partial charge >= 0.3 is 0 Å². The average Bonchev–Trinajstić information content (AvgIpc) is 2.34. The topological polar surface area (TPSA) is 57.4 Å². The largest absolute Gasteiger partial charge is 0.478 e. The first-order valence-corrected chi connectivity index (χ1v) is 6.65. The molecule has 1 aromatic heterocycles. The first kappa shape index (κ1) is 14.6. The number of nitrogens with two attached hydrogens (primary N) is 1. The van der Waals surface area contributed by atoms with Gasteiger partial charge in [0.1, 0.15) is 0 Å². The van der Waals surface area contributed by atoms with Crippen molar-refractivity contribution in [1.82, 2.24) is 4.98 Å². The van der Waals surface area contributed by atoms with Gasteiger partial charge in [-0.1, -0.05) is 20.8 Å². The number of aromatic nitrogens is 1. The summed E-state index contributed by atoms with van der Waals surface area (Å²) in [6.07, 6.45) is 3.13. The molecule has 0 aromatic carbocycles. The minimum absolute atomic E-state index is 0.471. The summed E-state index contributed by atoms with van der Waals surface area (Å²) in [5.41, 5.74) is 6.34. The van der Waals surface area contributed by atoms with Gasteiger partial charge in [-0.3, -0.25) is 0 Å². The first-order valence-electron chi connectivity index (χ1n) is 6.65. The van der Waals surface area contributed by atoms with E-state index in [1.165, 1.54) is 0 Å². The lowest BCUT2D eigenvalue weighted by atomic mass is 10.1. The Morgan fingerprint density at radius 3 is 2.67 bits per heavy atom. The molecule has 0 bridgehead atoms. The van der Waals surface area contributed by atoms with Crippen LogP contribution in [-0.4, -0.2) is 18.2 Å². The lowest BCUT2D eigenvalue weighted by Crippen LogP contribution is -2.05. The van der Waals surface area contributed by atoms with Crippen LogP contribution in [0.3, 0.4) is 0 Å². The molecule has 0 saturated heterocycles. The van der Waals surface area contributed by atoms with Crippen molar-refractivity contribution in [3.05, 3.63) is 12.1 Å². The quantitative estimate of drug-likeness (QED) is 0.721. The molecule has 0 amide bonds. The van der Waals surface area contributed by atoms with E-state index in [0.717, 1.165) is 19.3 Å². The summed E-state index contributed by atoms with van der Waals surface area (Å²) in [7, 11) is 0. The molecule has 4 nitrogen and oxygen atoms in total. The molecule has 0 aliphatic heterocycles. The average molecular weight is 252 g/mol. The van der Waals surface area contributed by atoms with Gasteiger partial charge in [0.05, 0.1) is 18.9 Å². The number of hydrogen-bond donors (Lipinski definition) is 1. The molecule has 1 heterocycles. The Morgan fingerprint density at radius 2 is 2.00 bits per heavy atom. The fourth-order valence-electron chi connectivity index (χ4n) is 1.50. The maximum absolute atomic E-state index is 5.78. The van der Waals surface area contributed by atoms with Crippen LogP contribution in [0.1, 0.15) is 40.0 Å². The summed E-state index contributed by atoms with van der Waals surface area (Å²) in [5, 5.41) is 0. The van der Waals surface area contributed by atoms with E-state index >= 15 is 0 Å². The van der Waals surface area contributed by atoms with Gasteiger partial charge in [0.2, 0.25) is 11.8 Å². The van der Waals surface area contributed by atoms with Crippen molar-refractivity contribution in [2.45, 2.75) is 40.0 Å². The molecule has 2 N–H and O–H groups in total. The normalized spacial score (nSPS) is 10.7. The second-order valence-electron chi connectivity index (χ2n) is 4.78. The summed E-state index contributed by atoms with van der Waals surface area (Å²) in [4.78, 5) is 4.26. The molecule has 0 radical (unpaired) electrons. The summed E-state index contributed by atoms with van der Waals surface area (Å²) in [6.45, 7) is 7.76. The summed E-state index contributed by atoms with van der Waals surface area (Å²) < 4.78 is 11.0. The van der Waals surface area contributed by atoms with E-state index in [1.807, 2.05) is 6.92 Å². The Kier molecular flexibility index (Phi) is 6.33. The summed E-state index contributed by atoms with van der Waals surface area (Å²) in [6, 6.07) is 3.55. The Bertz CT molecular complexity index is 354. The molecular weight excluding hydrogens is 228 g/mol. The van der Waals surface area contributed by atoms with Gasteiger partial charge < -0.3 is 15.2 Å². The van der Waals surface area contributed by atoms with Crippen LogP contribution in [0, 0.1) is 5.92 Å². The molecule has 0 saturated carbocycles. The first-order chi connectivity index (χ1) is 8.63. The zero-order valence-corrected chi connectivity index (χ0v) is 11.6. The third-order valence-electron chi connectivity index (χ3n) is 2.48. The highest BCUT2D eigenvalue weighted by molar-refractivity contribution is 5.49. The SMILES string of the molecule is CCCOc1nc(OCCCC(C)C)ccc1N. The molecule has 1 rings (SSSR count). The van der Waals surface area contributed by atoms with Crippen LogP contribution in [0.2, 0.25) is 0 Å². The van der Waals surface area contributed by atoms with E-state index in [1.54, 1.807) is 12.1 Å². The number of rotatable bonds is 8. The lowest BCUT2D eigenvalue weighted by molar-refractivity contribution is 0.271. The fourth-order valence-corrected chi connectivity index (χ4v) is 1.50. The second kappa shape index (κ2) is 7.80. The van der Waals surface area contributed by atoms with Gasteiger partial charge in [-0.2, -0.15) is 4.98 Å². The molecule has 0 spiro atoms. The monoisotopic (exact) mass is 252 g/mol. The molecule has 0 aliphatic carbocycles. The minimum atomic E-state index is 0.471. The number of anilines is 1. The Morgan fingerprint density at radius 1 is 1.22 bits per heavy atom. The maximum atomic E-state index is 5.78. The third kappa shape index (κ3) is 5.25. The van der Waals surface area contributed by atoms with Crippen molar-refractivity contribution in [3.63, 3.8) is 0 Å². The van der Waals surface area contributed by atoms with E-state index in [0.29, 0.717) is 36.6 Å². The predicted molar refractivity (Wildman–Crippen MR) is 74.0 cm³/mol. The smallest absolute Gasteiger partial charge is 0.240 e. The third-order valence-corrected chi connectivity index (χ3v) is 2.48. The number of ether oxygens (including phenoxy) is 2. The molecule has 0 unspecified atom stereocenters. The fraction of sp³-hybridized carbons (Fsp3) is 0.643. The van der Waals surface area contributed by atoms with Gasteiger partial charge in [-0.15, -0.1) is 0 Å². The van der Waals surface area contributed by atoms with E-state index in [4.69, 9.17) is 15.2 Å². The van der Waals surface area contributed by atoms with Crippen LogP contribution in [0.15, 0.2) is 12.1 Å². The van der Waals surface area contributed by atoms with Gasteiger partial charge in [0, 0.05) is 6.07 Å².